The lowest BCUT2D eigenvalue weighted by atomic mass is 9.94. The van der Waals surface area contributed by atoms with Crippen molar-refractivity contribution in [3.8, 4) is 11.1 Å². The predicted octanol–water partition coefficient (Wildman–Crippen LogP) is 4.70. The van der Waals surface area contributed by atoms with E-state index in [2.05, 4.69) is 16.0 Å². The van der Waals surface area contributed by atoms with Crippen LogP contribution < -0.4 is 11.3 Å². The molecule has 0 bridgehead atoms. The van der Waals surface area contributed by atoms with Gasteiger partial charge in [0.1, 0.15) is 5.82 Å². The number of hydrogen-bond donors (Lipinski definition) is 1. The van der Waals surface area contributed by atoms with Crippen LogP contribution >= 0.6 is 0 Å². The van der Waals surface area contributed by atoms with E-state index in [0.717, 1.165) is 45.8 Å². The van der Waals surface area contributed by atoms with E-state index in [1.807, 2.05) is 35.0 Å². The fraction of sp³-hybridized carbons (Fsp3) is 0.261. The Labute approximate surface area is 162 Å². The van der Waals surface area contributed by atoms with Crippen LogP contribution in [0.15, 0.2) is 59.7 Å². The first-order chi connectivity index (χ1) is 13.7. The van der Waals surface area contributed by atoms with Gasteiger partial charge in [-0.05, 0) is 48.7 Å². The summed E-state index contributed by atoms with van der Waals surface area (Å²) in [6, 6.07) is 13.8. The Balaban J connectivity index is 1.79. The van der Waals surface area contributed by atoms with Gasteiger partial charge in [0.25, 0.3) is 5.56 Å². The highest BCUT2D eigenvalue weighted by atomic mass is 16.1. The minimum absolute atomic E-state index is 0.0754. The molecular weight excluding hydrogens is 348 g/mol. The average Bonchev–Trinajstić information content (AvgIpc) is 2.74. The minimum Gasteiger partial charge on any atom is -0.384 e. The van der Waals surface area contributed by atoms with Gasteiger partial charge in [-0.2, -0.15) is 0 Å². The summed E-state index contributed by atoms with van der Waals surface area (Å²) in [6.07, 6.45) is 9.39. The number of aromatic nitrogens is 3. The standard InChI is InChI=1S/C23H22N4O/c24-21-10-7-16(13-26-21)15-6-9-20-19(12-15)23-17(14-25-20)8-11-22(28)27(23)18-4-2-1-3-5-18/h6-14,18H,1-5H2,(H2,24,26). The maximum atomic E-state index is 12.9. The molecule has 0 aliphatic heterocycles. The largest absolute Gasteiger partial charge is 0.384 e. The van der Waals surface area contributed by atoms with E-state index in [4.69, 9.17) is 5.73 Å². The molecule has 0 radical (unpaired) electrons. The van der Waals surface area contributed by atoms with Crippen LogP contribution in [0, 0.1) is 0 Å². The van der Waals surface area contributed by atoms with Crippen LogP contribution in [0.25, 0.3) is 32.9 Å². The first-order valence-electron chi connectivity index (χ1n) is 9.87. The molecule has 1 aliphatic carbocycles. The molecule has 5 nitrogen and oxygen atoms in total. The number of fused-ring (bicyclic) bond motifs is 3. The van der Waals surface area contributed by atoms with Crippen molar-refractivity contribution in [2.45, 2.75) is 38.1 Å². The van der Waals surface area contributed by atoms with Gasteiger partial charge < -0.3 is 10.3 Å². The van der Waals surface area contributed by atoms with Gasteiger partial charge >= 0.3 is 0 Å². The fourth-order valence-corrected chi connectivity index (χ4v) is 4.39. The Morgan fingerprint density at radius 1 is 0.893 bits per heavy atom. The lowest BCUT2D eigenvalue weighted by Gasteiger charge is -2.26. The molecule has 0 spiro atoms. The van der Waals surface area contributed by atoms with Crippen molar-refractivity contribution in [2.24, 2.45) is 0 Å². The van der Waals surface area contributed by atoms with Crippen molar-refractivity contribution in [3.05, 3.63) is 65.2 Å². The van der Waals surface area contributed by atoms with E-state index in [0.29, 0.717) is 5.82 Å². The van der Waals surface area contributed by atoms with Gasteiger partial charge in [-0.3, -0.25) is 9.78 Å². The molecule has 140 valence electrons. The summed E-state index contributed by atoms with van der Waals surface area (Å²) in [6.45, 7) is 0. The van der Waals surface area contributed by atoms with Crippen LogP contribution in [0.2, 0.25) is 0 Å². The van der Waals surface area contributed by atoms with Crippen molar-refractivity contribution in [1.29, 1.82) is 0 Å². The van der Waals surface area contributed by atoms with Crippen LogP contribution in [-0.2, 0) is 0 Å². The zero-order chi connectivity index (χ0) is 19.1. The van der Waals surface area contributed by atoms with E-state index in [1.165, 1.54) is 19.3 Å². The molecule has 5 rings (SSSR count). The van der Waals surface area contributed by atoms with E-state index in [-0.39, 0.29) is 11.6 Å². The molecule has 5 heteroatoms. The molecule has 0 atom stereocenters. The smallest absolute Gasteiger partial charge is 0.251 e. The number of nitrogens with zero attached hydrogens (tertiary/aromatic N) is 3. The van der Waals surface area contributed by atoms with Gasteiger partial charge in [0, 0.05) is 40.8 Å². The molecule has 3 aromatic heterocycles. The summed E-state index contributed by atoms with van der Waals surface area (Å²) in [7, 11) is 0. The number of pyridine rings is 3. The van der Waals surface area contributed by atoms with Crippen LogP contribution in [0.4, 0.5) is 5.82 Å². The van der Waals surface area contributed by atoms with E-state index in [1.54, 1.807) is 18.3 Å². The first kappa shape index (κ1) is 16.9. The number of nitrogens with two attached hydrogens (primary N) is 1. The number of nitrogen functional groups attached to an aromatic ring is 1. The normalized spacial score (nSPS) is 15.3. The van der Waals surface area contributed by atoms with Crippen LogP contribution in [-0.4, -0.2) is 14.5 Å². The fourth-order valence-electron chi connectivity index (χ4n) is 4.39. The van der Waals surface area contributed by atoms with Crippen molar-refractivity contribution in [3.63, 3.8) is 0 Å². The van der Waals surface area contributed by atoms with E-state index >= 15 is 0 Å². The maximum Gasteiger partial charge on any atom is 0.251 e. The quantitative estimate of drug-likeness (QED) is 0.519. The summed E-state index contributed by atoms with van der Waals surface area (Å²) >= 11 is 0. The third-order valence-electron chi connectivity index (χ3n) is 5.81. The molecule has 0 unspecified atom stereocenters. The minimum atomic E-state index is 0.0754. The molecule has 0 amide bonds. The van der Waals surface area contributed by atoms with Gasteiger partial charge in [-0.15, -0.1) is 0 Å². The van der Waals surface area contributed by atoms with E-state index < -0.39 is 0 Å². The van der Waals surface area contributed by atoms with Gasteiger partial charge in [0.2, 0.25) is 0 Å². The average molecular weight is 370 g/mol. The molecule has 1 fully saturated rings. The number of anilines is 1. The maximum absolute atomic E-state index is 12.9. The van der Waals surface area contributed by atoms with Gasteiger partial charge in [0.05, 0.1) is 11.0 Å². The van der Waals surface area contributed by atoms with Gasteiger partial charge in [-0.1, -0.05) is 25.3 Å². The third-order valence-corrected chi connectivity index (χ3v) is 5.81. The monoisotopic (exact) mass is 370 g/mol. The summed E-state index contributed by atoms with van der Waals surface area (Å²) in [5.41, 5.74) is 9.74. The lowest BCUT2D eigenvalue weighted by Crippen LogP contribution is -2.26. The zero-order valence-electron chi connectivity index (χ0n) is 15.6. The molecule has 2 N–H and O–H groups in total. The third kappa shape index (κ3) is 2.83. The molecular formula is C23H22N4O. The van der Waals surface area contributed by atoms with Crippen molar-refractivity contribution in [2.75, 3.05) is 5.73 Å². The number of hydrogen-bond acceptors (Lipinski definition) is 4. The van der Waals surface area contributed by atoms with Crippen molar-refractivity contribution < 1.29 is 0 Å². The van der Waals surface area contributed by atoms with Crippen LogP contribution in [0.3, 0.4) is 0 Å². The zero-order valence-corrected chi connectivity index (χ0v) is 15.6. The highest BCUT2D eigenvalue weighted by Crippen LogP contribution is 2.33. The Hall–Kier alpha value is -3.21. The SMILES string of the molecule is Nc1ccc(-c2ccc3ncc4ccc(=O)n(C5CCCCC5)c4c3c2)cn1. The Kier molecular flexibility index (Phi) is 4.08. The topological polar surface area (TPSA) is 73.8 Å². The van der Waals surface area contributed by atoms with Gasteiger partial charge in [0.15, 0.2) is 0 Å². The second-order valence-electron chi connectivity index (χ2n) is 7.60. The molecule has 28 heavy (non-hydrogen) atoms. The summed E-state index contributed by atoms with van der Waals surface area (Å²) in [5, 5.41) is 2.01. The van der Waals surface area contributed by atoms with Crippen LogP contribution in [0.5, 0.6) is 0 Å². The number of rotatable bonds is 2. The highest BCUT2D eigenvalue weighted by molar-refractivity contribution is 6.04. The van der Waals surface area contributed by atoms with Crippen molar-refractivity contribution >= 4 is 27.6 Å². The predicted molar refractivity (Wildman–Crippen MR) is 113 cm³/mol. The molecule has 3 heterocycles. The summed E-state index contributed by atoms with van der Waals surface area (Å²) in [4.78, 5) is 21.7. The van der Waals surface area contributed by atoms with Gasteiger partial charge in [-0.25, -0.2) is 4.98 Å². The second-order valence-corrected chi connectivity index (χ2v) is 7.60. The summed E-state index contributed by atoms with van der Waals surface area (Å²) in [5.74, 6) is 0.503. The Bertz CT molecular complexity index is 1220. The number of benzene rings is 1. The molecule has 1 saturated carbocycles. The Morgan fingerprint density at radius 3 is 2.50 bits per heavy atom. The first-order valence-corrected chi connectivity index (χ1v) is 9.87. The van der Waals surface area contributed by atoms with Crippen LogP contribution in [0.1, 0.15) is 38.1 Å². The summed E-state index contributed by atoms with van der Waals surface area (Å²) < 4.78 is 2.02. The second kappa shape index (κ2) is 6.75. The molecule has 4 aromatic rings. The highest BCUT2D eigenvalue weighted by Gasteiger charge is 2.20. The molecule has 1 aromatic carbocycles. The van der Waals surface area contributed by atoms with E-state index in [9.17, 15) is 4.79 Å². The molecule has 0 saturated heterocycles. The lowest BCUT2D eigenvalue weighted by molar-refractivity contribution is 0.354. The Morgan fingerprint density at radius 2 is 1.71 bits per heavy atom. The van der Waals surface area contributed by atoms with Crippen molar-refractivity contribution in [1.82, 2.24) is 14.5 Å². The molecule has 1 aliphatic rings.